The number of carbonyl (C=O) groups excluding carboxylic acids is 2. The molecule has 2 N–H and O–H groups in total. The maximum atomic E-state index is 11.9. The van der Waals surface area contributed by atoms with Crippen molar-refractivity contribution in [3.8, 4) is 0 Å². The van der Waals surface area contributed by atoms with Crippen molar-refractivity contribution in [3.63, 3.8) is 0 Å². The highest BCUT2D eigenvalue weighted by atomic mass is 32.1. The maximum absolute atomic E-state index is 11.9. The summed E-state index contributed by atoms with van der Waals surface area (Å²) in [6.45, 7) is 5.51. The molecule has 0 radical (unpaired) electrons. The third kappa shape index (κ3) is 4.04. The summed E-state index contributed by atoms with van der Waals surface area (Å²) in [5, 5.41) is 7.43. The van der Waals surface area contributed by atoms with Crippen LogP contribution < -0.4 is 10.6 Å². The van der Waals surface area contributed by atoms with Crippen LogP contribution in [-0.2, 0) is 19.7 Å². The predicted octanol–water partition coefficient (Wildman–Crippen LogP) is 1.44. The Bertz CT molecular complexity index is 479. The first-order chi connectivity index (χ1) is 10.0. The van der Waals surface area contributed by atoms with E-state index in [9.17, 15) is 9.59 Å². The maximum Gasteiger partial charge on any atom is 0.309 e. The zero-order chi connectivity index (χ0) is 15.3. The van der Waals surface area contributed by atoms with E-state index >= 15 is 0 Å². The smallest absolute Gasteiger partial charge is 0.309 e. The first kappa shape index (κ1) is 16.0. The molecule has 0 aliphatic carbocycles. The molecule has 0 atom stereocenters. The molecule has 1 aromatic rings. The van der Waals surface area contributed by atoms with Crippen molar-refractivity contribution < 1.29 is 14.3 Å². The van der Waals surface area contributed by atoms with Crippen LogP contribution in [0.3, 0.4) is 0 Å². The minimum Gasteiger partial charge on any atom is -0.381 e. The Hall–Kier alpha value is -1.40. The Morgan fingerprint density at radius 1 is 1.33 bits per heavy atom. The normalized spacial score (nSPS) is 17.5. The number of thiophene rings is 1. The molecule has 5 nitrogen and oxygen atoms in total. The third-order valence-electron chi connectivity index (χ3n) is 3.71. The topological polar surface area (TPSA) is 67.4 Å². The van der Waals surface area contributed by atoms with Crippen molar-refractivity contribution in [1.82, 2.24) is 10.6 Å². The second kappa shape index (κ2) is 7.04. The van der Waals surface area contributed by atoms with E-state index < -0.39 is 11.8 Å². The highest BCUT2D eigenvalue weighted by Crippen LogP contribution is 2.36. The van der Waals surface area contributed by atoms with Crippen LogP contribution in [0.25, 0.3) is 0 Å². The molecule has 21 heavy (non-hydrogen) atoms. The molecule has 1 aliphatic rings. The van der Waals surface area contributed by atoms with Gasteiger partial charge in [0.1, 0.15) is 0 Å². The lowest BCUT2D eigenvalue weighted by Gasteiger charge is -2.36. The van der Waals surface area contributed by atoms with Crippen LogP contribution in [0.2, 0.25) is 0 Å². The minimum atomic E-state index is -0.571. The summed E-state index contributed by atoms with van der Waals surface area (Å²) in [5.41, 5.74) is -0.111. The van der Waals surface area contributed by atoms with Crippen LogP contribution in [0.15, 0.2) is 17.5 Å². The molecule has 0 unspecified atom stereocenters. The fourth-order valence-corrected chi connectivity index (χ4v) is 3.50. The van der Waals surface area contributed by atoms with E-state index in [1.165, 1.54) is 4.88 Å². The summed E-state index contributed by atoms with van der Waals surface area (Å²) in [5.74, 6) is -1.13. The second-order valence-electron chi connectivity index (χ2n) is 5.68. The molecule has 0 saturated carbocycles. The van der Waals surface area contributed by atoms with Crippen LogP contribution in [-0.4, -0.2) is 37.6 Å². The molecule has 0 spiro atoms. The van der Waals surface area contributed by atoms with Crippen LogP contribution in [0, 0.1) is 0 Å². The van der Waals surface area contributed by atoms with Gasteiger partial charge < -0.3 is 15.4 Å². The quantitative estimate of drug-likeness (QED) is 0.827. The van der Waals surface area contributed by atoms with Gasteiger partial charge in [-0.15, -0.1) is 11.3 Å². The number of rotatable bonds is 4. The Labute approximate surface area is 129 Å². The molecule has 6 heteroatoms. The van der Waals surface area contributed by atoms with Gasteiger partial charge in [-0.1, -0.05) is 6.07 Å². The summed E-state index contributed by atoms with van der Waals surface area (Å²) in [4.78, 5) is 24.8. The molecule has 0 aromatic carbocycles. The zero-order valence-corrected chi connectivity index (χ0v) is 13.3. The number of nitrogens with one attached hydrogen (secondary N) is 2. The van der Waals surface area contributed by atoms with E-state index in [1.54, 1.807) is 11.3 Å². The monoisotopic (exact) mass is 310 g/mol. The van der Waals surface area contributed by atoms with Gasteiger partial charge in [0, 0.05) is 36.1 Å². The van der Waals surface area contributed by atoms with Crippen LogP contribution in [0.1, 0.15) is 31.6 Å². The summed E-state index contributed by atoms with van der Waals surface area (Å²) < 4.78 is 5.44. The Kier molecular flexibility index (Phi) is 5.36. The second-order valence-corrected chi connectivity index (χ2v) is 6.63. The molecule has 2 heterocycles. The molecule has 1 fully saturated rings. The lowest BCUT2D eigenvalue weighted by Crippen LogP contribution is -2.49. The van der Waals surface area contributed by atoms with Crippen LogP contribution in [0.4, 0.5) is 0 Å². The number of ether oxygens (including phenoxy) is 1. The largest absolute Gasteiger partial charge is 0.381 e. The molecule has 1 saturated heterocycles. The van der Waals surface area contributed by atoms with Crippen LogP contribution in [0.5, 0.6) is 0 Å². The van der Waals surface area contributed by atoms with E-state index in [0.717, 1.165) is 12.8 Å². The molecule has 0 bridgehead atoms. The van der Waals surface area contributed by atoms with E-state index in [1.807, 2.05) is 25.3 Å². The summed E-state index contributed by atoms with van der Waals surface area (Å²) in [6.07, 6.45) is 1.72. The number of amides is 2. The number of hydrogen-bond acceptors (Lipinski definition) is 4. The van der Waals surface area contributed by atoms with Crippen molar-refractivity contribution in [2.45, 2.75) is 38.1 Å². The first-order valence-electron chi connectivity index (χ1n) is 7.24. The molecular formula is C15H22N2O3S. The van der Waals surface area contributed by atoms with Gasteiger partial charge >= 0.3 is 11.8 Å². The predicted molar refractivity (Wildman–Crippen MR) is 82.3 cm³/mol. The van der Waals surface area contributed by atoms with E-state index in [4.69, 9.17) is 4.74 Å². The van der Waals surface area contributed by atoms with Gasteiger partial charge in [-0.05, 0) is 38.1 Å². The van der Waals surface area contributed by atoms with Crippen molar-refractivity contribution >= 4 is 23.2 Å². The fourth-order valence-electron chi connectivity index (χ4n) is 2.51. The van der Waals surface area contributed by atoms with Crippen molar-refractivity contribution in [1.29, 1.82) is 0 Å². The Balaban J connectivity index is 2.00. The lowest BCUT2D eigenvalue weighted by molar-refractivity contribution is -0.139. The van der Waals surface area contributed by atoms with E-state index in [-0.39, 0.29) is 11.5 Å². The molecule has 1 aromatic heterocycles. The molecular weight excluding hydrogens is 288 g/mol. The number of hydrogen-bond donors (Lipinski definition) is 2. The highest BCUT2D eigenvalue weighted by Gasteiger charge is 2.36. The van der Waals surface area contributed by atoms with Gasteiger partial charge in [0.25, 0.3) is 0 Å². The van der Waals surface area contributed by atoms with E-state index in [0.29, 0.717) is 19.8 Å². The summed E-state index contributed by atoms with van der Waals surface area (Å²) in [7, 11) is 0. The Morgan fingerprint density at radius 2 is 2.05 bits per heavy atom. The minimum absolute atomic E-state index is 0.0439. The molecule has 116 valence electrons. The molecule has 2 amide bonds. The average Bonchev–Trinajstić information content (AvgIpc) is 3.00. The van der Waals surface area contributed by atoms with Gasteiger partial charge in [-0.25, -0.2) is 0 Å². The fraction of sp³-hybridized carbons (Fsp3) is 0.600. The average molecular weight is 310 g/mol. The highest BCUT2D eigenvalue weighted by molar-refractivity contribution is 7.10. The van der Waals surface area contributed by atoms with Crippen molar-refractivity contribution in [2.75, 3.05) is 19.8 Å². The van der Waals surface area contributed by atoms with Gasteiger partial charge in [-0.3, -0.25) is 9.59 Å². The van der Waals surface area contributed by atoms with Gasteiger partial charge in [0.05, 0.1) is 0 Å². The van der Waals surface area contributed by atoms with Gasteiger partial charge in [0.2, 0.25) is 0 Å². The van der Waals surface area contributed by atoms with Crippen LogP contribution >= 0.6 is 11.3 Å². The Morgan fingerprint density at radius 3 is 2.62 bits per heavy atom. The van der Waals surface area contributed by atoms with Gasteiger partial charge in [-0.2, -0.15) is 0 Å². The standard InChI is InChI=1S/C15H22N2O3S/c1-11(2)17-14(19)13(18)16-10-15(5-7-20-8-6-15)12-4-3-9-21-12/h3-4,9,11H,5-8,10H2,1-2H3,(H,16,18)(H,17,19). The third-order valence-corrected chi connectivity index (χ3v) is 4.82. The molecule has 1 aliphatic heterocycles. The SMILES string of the molecule is CC(C)NC(=O)C(=O)NCC1(c2cccs2)CCOCC1. The first-order valence-corrected chi connectivity index (χ1v) is 8.12. The van der Waals surface area contributed by atoms with Crippen molar-refractivity contribution in [2.24, 2.45) is 0 Å². The summed E-state index contributed by atoms with van der Waals surface area (Å²) >= 11 is 1.69. The zero-order valence-electron chi connectivity index (χ0n) is 12.5. The molecule has 2 rings (SSSR count). The number of carbonyl (C=O) groups is 2. The summed E-state index contributed by atoms with van der Waals surface area (Å²) in [6, 6.07) is 4.07. The lowest BCUT2D eigenvalue weighted by atomic mass is 9.78. The van der Waals surface area contributed by atoms with Crippen molar-refractivity contribution in [3.05, 3.63) is 22.4 Å². The van der Waals surface area contributed by atoms with E-state index in [2.05, 4.69) is 16.7 Å². The van der Waals surface area contributed by atoms with Gasteiger partial charge in [0.15, 0.2) is 0 Å².